The van der Waals surface area contributed by atoms with E-state index in [0.717, 1.165) is 17.8 Å². The summed E-state index contributed by atoms with van der Waals surface area (Å²) in [5.74, 6) is -0.0172. The first-order valence-electron chi connectivity index (χ1n) is 7.15. The van der Waals surface area contributed by atoms with Crippen LogP contribution in [0.3, 0.4) is 0 Å². The number of halogens is 1. The first-order chi connectivity index (χ1) is 10.5. The number of hydrogen-bond donors (Lipinski definition) is 1. The van der Waals surface area contributed by atoms with Crippen LogP contribution in [0.4, 0.5) is 0 Å². The summed E-state index contributed by atoms with van der Waals surface area (Å²) in [5, 5.41) is 0.572. The van der Waals surface area contributed by atoms with E-state index in [1.54, 1.807) is 24.7 Å². The number of imidazole rings is 1. The molecule has 0 saturated carbocycles. The predicted octanol–water partition coefficient (Wildman–Crippen LogP) is 2.58. The van der Waals surface area contributed by atoms with E-state index >= 15 is 0 Å². The monoisotopic (exact) mass is 320 g/mol. The van der Waals surface area contributed by atoms with Crippen LogP contribution in [0.5, 0.6) is 0 Å². The van der Waals surface area contributed by atoms with Crippen molar-refractivity contribution in [2.24, 2.45) is 0 Å². The summed E-state index contributed by atoms with van der Waals surface area (Å²) in [6.07, 6.45) is 3.36. The smallest absolute Gasteiger partial charge is 0.254 e. The van der Waals surface area contributed by atoms with E-state index in [1.165, 1.54) is 0 Å². The minimum Gasteiger partial charge on any atom is -0.347 e. The molecule has 6 heteroatoms. The minimum absolute atomic E-state index is 0.0172. The fraction of sp³-hybridized carbons (Fsp3) is 0.375. The van der Waals surface area contributed by atoms with Gasteiger partial charge >= 0.3 is 0 Å². The fourth-order valence-corrected chi connectivity index (χ4v) is 2.32. The number of hydrogen-bond acceptors (Lipinski definition) is 3. The third kappa shape index (κ3) is 4.32. The lowest BCUT2D eigenvalue weighted by Crippen LogP contribution is -2.36. The lowest BCUT2D eigenvalue weighted by atomic mass is 10.1. The Labute approximate surface area is 135 Å². The van der Waals surface area contributed by atoms with Gasteiger partial charge in [-0.25, -0.2) is 4.98 Å². The molecule has 5 nitrogen and oxygen atoms in total. The Bertz CT molecular complexity index is 625. The molecule has 0 aliphatic heterocycles. The van der Waals surface area contributed by atoms with Gasteiger partial charge in [0.15, 0.2) is 0 Å². The molecule has 0 unspecified atom stereocenters. The Kier molecular flexibility index (Phi) is 5.57. The van der Waals surface area contributed by atoms with Gasteiger partial charge in [0.05, 0.1) is 18.6 Å². The summed E-state index contributed by atoms with van der Waals surface area (Å²) < 4.78 is 0. The highest BCUT2D eigenvalue weighted by molar-refractivity contribution is 6.31. The number of likely N-dealkylation sites (N-methyl/N-ethyl adjacent to an activating group) is 1. The Morgan fingerprint density at radius 2 is 2.09 bits per heavy atom. The van der Waals surface area contributed by atoms with Crippen LogP contribution in [0.2, 0.25) is 5.02 Å². The van der Waals surface area contributed by atoms with Crippen molar-refractivity contribution in [2.45, 2.75) is 13.5 Å². The van der Waals surface area contributed by atoms with Crippen molar-refractivity contribution in [1.82, 2.24) is 19.8 Å². The summed E-state index contributed by atoms with van der Waals surface area (Å²) in [5.41, 5.74) is 2.48. The van der Waals surface area contributed by atoms with Crippen molar-refractivity contribution in [3.63, 3.8) is 0 Å². The van der Waals surface area contributed by atoms with Crippen LogP contribution in [-0.4, -0.2) is 52.9 Å². The second kappa shape index (κ2) is 7.42. The Morgan fingerprint density at radius 3 is 2.73 bits per heavy atom. The van der Waals surface area contributed by atoms with Gasteiger partial charge in [0.2, 0.25) is 0 Å². The van der Waals surface area contributed by atoms with Gasteiger partial charge in [0.25, 0.3) is 5.91 Å². The Morgan fingerprint density at radius 1 is 1.32 bits per heavy atom. The molecular weight excluding hydrogens is 300 g/mol. The van der Waals surface area contributed by atoms with Gasteiger partial charge in [0.1, 0.15) is 0 Å². The van der Waals surface area contributed by atoms with Crippen LogP contribution in [0.1, 0.15) is 21.6 Å². The molecule has 2 rings (SSSR count). The molecule has 0 spiro atoms. The van der Waals surface area contributed by atoms with E-state index in [0.29, 0.717) is 23.7 Å². The predicted molar refractivity (Wildman–Crippen MR) is 88.1 cm³/mol. The van der Waals surface area contributed by atoms with Crippen molar-refractivity contribution < 1.29 is 4.79 Å². The zero-order valence-corrected chi connectivity index (χ0v) is 13.9. The number of carbonyl (C=O) groups excluding carboxylic acids is 1. The van der Waals surface area contributed by atoms with Gasteiger partial charge in [-0.3, -0.25) is 4.79 Å². The molecule has 0 saturated heterocycles. The molecular formula is C16H21ClN4O. The topological polar surface area (TPSA) is 52.2 Å². The number of H-pyrrole nitrogens is 1. The SMILES string of the molecule is Cc1ccc(Cl)cc1C(=O)N(CCN(C)C)Cc1cnc[nH]1. The molecule has 1 amide bonds. The highest BCUT2D eigenvalue weighted by atomic mass is 35.5. The second-order valence-electron chi connectivity index (χ2n) is 5.57. The molecule has 0 radical (unpaired) electrons. The Balaban J connectivity index is 2.22. The van der Waals surface area contributed by atoms with Gasteiger partial charge in [0, 0.05) is 29.9 Å². The molecule has 1 N–H and O–H groups in total. The van der Waals surface area contributed by atoms with Gasteiger partial charge in [-0.05, 0) is 38.7 Å². The summed E-state index contributed by atoms with van der Waals surface area (Å²) in [6, 6.07) is 5.40. The van der Waals surface area contributed by atoms with E-state index in [2.05, 4.69) is 14.9 Å². The fourth-order valence-electron chi connectivity index (χ4n) is 2.14. The van der Waals surface area contributed by atoms with E-state index in [-0.39, 0.29) is 5.91 Å². The summed E-state index contributed by atoms with van der Waals surface area (Å²) in [4.78, 5) is 23.8. The number of carbonyl (C=O) groups is 1. The molecule has 0 fully saturated rings. The summed E-state index contributed by atoms with van der Waals surface area (Å²) in [7, 11) is 3.98. The molecule has 0 atom stereocenters. The first-order valence-corrected chi connectivity index (χ1v) is 7.52. The molecule has 1 aromatic carbocycles. The van der Waals surface area contributed by atoms with Crippen LogP contribution in [0.15, 0.2) is 30.7 Å². The number of amides is 1. The molecule has 22 heavy (non-hydrogen) atoms. The maximum absolute atomic E-state index is 12.9. The Hall–Kier alpha value is -1.85. The van der Waals surface area contributed by atoms with Crippen LogP contribution >= 0.6 is 11.6 Å². The number of aryl methyl sites for hydroxylation is 1. The second-order valence-corrected chi connectivity index (χ2v) is 6.00. The number of benzene rings is 1. The molecule has 1 heterocycles. The first kappa shape index (κ1) is 16.5. The third-order valence-electron chi connectivity index (χ3n) is 3.45. The number of aromatic amines is 1. The van der Waals surface area contributed by atoms with Crippen molar-refractivity contribution in [3.05, 3.63) is 52.6 Å². The average molecular weight is 321 g/mol. The zero-order chi connectivity index (χ0) is 16.1. The number of nitrogens with one attached hydrogen (secondary N) is 1. The van der Waals surface area contributed by atoms with E-state index in [4.69, 9.17) is 11.6 Å². The van der Waals surface area contributed by atoms with Crippen LogP contribution in [0, 0.1) is 6.92 Å². The average Bonchev–Trinajstić information content (AvgIpc) is 2.98. The third-order valence-corrected chi connectivity index (χ3v) is 3.69. The maximum Gasteiger partial charge on any atom is 0.254 e. The molecule has 0 aliphatic rings. The molecule has 0 aliphatic carbocycles. The highest BCUT2D eigenvalue weighted by Gasteiger charge is 2.19. The van der Waals surface area contributed by atoms with Crippen molar-refractivity contribution in [2.75, 3.05) is 27.2 Å². The number of rotatable bonds is 6. The maximum atomic E-state index is 12.9. The largest absolute Gasteiger partial charge is 0.347 e. The van der Waals surface area contributed by atoms with E-state index in [1.807, 2.05) is 32.0 Å². The van der Waals surface area contributed by atoms with Gasteiger partial charge in [-0.1, -0.05) is 17.7 Å². The molecule has 2 aromatic rings. The zero-order valence-electron chi connectivity index (χ0n) is 13.1. The quantitative estimate of drug-likeness (QED) is 0.890. The van der Waals surface area contributed by atoms with Gasteiger partial charge in [-0.15, -0.1) is 0 Å². The van der Waals surface area contributed by atoms with E-state index in [9.17, 15) is 4.79 Å². The van der Waals surface area contributed by atoms with Crippen molar-refractivity contribution >= 4 is 17.5 Å². The van der Waals surface area contributed by atoms with Crippen LogP contribution in [-0.2, 0) is 6.54 Å². The lowest BCUT2D eigenvalue weighted by molar-refractivity contribution is 0.0729. The van der Waals surface area contributed by atoms with Crippen molar-refractivity contribution in [3.8, 4) is 0 Å². The summed E-state index contributed by atoms with van der Waals surface area (Å²) in [6.45, 7) is 3.85. The van der Waals surface area contributed by atoms with Crippen LogP contribution < -0.4 is 0 Å². The normalized spacial score (nSPS) is 11.0. The highest BCUT2D eigenvalue weighted by Crippen LogP contribution is 2.18. The lowest BCUT2D eigenvalue weighted by Gasteiger charge is -2.24. The van der Waals surface area contributed by atoms with Gasteiger partial charge in [-0.2, -0.15) is 0 Å². The minimum atomic E-state index is -0.0172. The number of nitrogens with zero attached hydrogens (tertiary/aromatic N) is 3. The van der Waals surface area contributed by atoms with E-state index < -0.39 is 0 Å². The summed E-state index contributed by atoms with van der Waals surface area (Å²) >= 11 is 6.04. The van der Waals surface area contributed by atoms with Crippen LogP contribution in [0.25, 0.3) is 0 Å². The molecule has 1 aromatic heterocycles. The van der Waals surface area contributed by atoms with Crippen molar-refractivity contribution in [1.29, 1.82) is 0 Å². The molecule has 118 valence electrons. The molecule has 0 bridgehead atoms. The van der Waals surface area contributed by atoms with Gasteiger partial charge < -0.3 is 14.8 Å². The number of aromatic nitrogens is 2. The standard InChI is InChI=1S/C16H21ClN4O/c1-12-4-5-13(17)8-15(12)16(22)21(7-6-20(2)3)10-14-9-18-11-19-14/h4-5,8-9,11H,6-7,10H2,1-3H3,(H,18,19).